The minimum atomic E-state index is -3.86. The summed E-state index contributed by atoms with van der Waals surface area (Å²) in [7, 11) is -4.63. The molecule has 0 spiro atoms. The van der Waals surface area contributed by atoms with E-state index in [-0.39, 0.29) is 22.3 Å². The number of methoxy groups -OCH3 is 2. The zero-order valence-electron chi connectivity index (χ0n) is 29.0. The summed E-state index contributed by atoms with van der Waals surface area (Å²) in [6.45, 7) is 4.91. The molecule has 0 aliphatic carbocycles. The van der Waals surface area contributed by atoms with Crippen molar-refractivity contribution in [2.75, 3.05) is 86.6 Å². The lowest BCUT2D eigenvalue weighted by Crippen LogP contribution is -2.41. The van der Waals surface area contributed by atoms with Crippen LogP contribution in [0.4, 0.5) is 0 Å². The fourth-order valence-electron chi connectivity index (χ4n) is 4.54. The van der Waals surface area contributed by atoms with Gasteiger partial charge in [0.25, 0.3) is 20.0 Å². The van der Waals surface area contributed by atoms with Gasteiger partial charge in [-0.2, -0.15) is 0 Å². The van der Waals surface area contributed by atoms with Crippen molar-refractivity contribution in [1.82, 2.24) is 20.1 Å². The van der Waals surface area contributed by atoms with Crippen LogP contribution >= 0.6 is 0 Å². The molecule has 0 unspecified atom stereocenters. The Hall–Kier alpha value is -3.48. The van der Waals surface area contributed by atoms with Gasteiger partial charge in [-0.15, -0.1) is 0 Å². The van der Waals surface area contributed by atoms with Crippen LogP contribution in [0.2, 0.25) is 0 Å². The van der Waals surface area contributed by atoms with Crippen LogP contribution in [0.1, 0.15) is 38.5 Å². The number of ether oxygens (including phenoxy) is 5. The predicted octanol–water partition coefficient (Wildman–Crippen LogP) is 2.30. The monoisotopic (exact) mass is 740 g/mol. The van der Waals surface area contributed by atoms with Crippen LogP contribution in [-0.2, 0) is 34.3 Å². The van der Waals surface area contributed by atoms with Gasteiger partial charge in [0.1, 0.15) is 17.3 Å². The molecular weight excluding hydrogens is 689 g/mol. The van der Waals surface area contributed by atoms with Gasteiger partial charge in [-0.05, 0) is 93.6 Å². The van der Waals surface area contributed by atoms with E-state index in [4.69, 9.17) is 23.7 Å². The van der Waals surface area contributed by atoms with Gasteiger partial charge in [-0.1, -0.05) is 0 Å². The van der Waals surface area contributed by atoms with E-state index in [9.17, 15) is 16.8 Å². The van der Waals surface area contributed by atoms with E-state index in [1.54, 1.807) is 24.3 Å². The quantitative estimate of drug-likeness (QED) is 0.341. The first-order valence-corrected chi connectivity index (χ1v) is 19.8. The highest BCUT2D eigenvalue weighted by Crippen LogP contribution is 2.16. The zero-order chi connectivity index (χ0) is 35.9. The second kappa shape index (κ2) is 23.1. The summed E-state index contributed by atoms with van der Waals surface area (Å²) in [5.74, 6) is 1.63. The van der Waals surface area contributed by atoms with Crippen LogP contribution in [0.15, 0.2) is 68.3 Å². The van der Waals surface area contributed by atoms with Gasteiger partial charge in [0.15, 0.2) is 0 Å². The van der Waals surface area contributed by atoms with Crippen LogP contribution < -0.4 is 29.6 Å². The number of sulfonamides is 2. The third-order valence-corrected chi connectivity index (χ3v) is 10.0. The van der Waals surface area contributed by atoms with Crippen molar-refractivity contribution in [3.8, 4) is 11.5 Å². The van der Waals surface area contributed by atoms with E-state index in [2.05, 4.69) is 30.1 Å². The second-order valence-electron chi connectivity index (χ2n) is 11.2. The lowest BCUT2D eigenvalue weighted by atomic mass is 10.2. The molecule has 0 amide bonds. The molecule has 4 N–H and O–H groups in total. The first-order chi connectivity index (χ1) is 24.2. The Morgan fingerprint density at radius 2 is 1.12 bits per heavy atom. The molecule has 0 saturated heterocycles. The molecule has 0 radical (unpaired) electrons. The molecule has 2 aromatic carbocycles. The van der Waals surface area contributed by atoms with Crippen LogP contribution in [0.25, 0.3) is 0 Å². The summed E-state index contributed by atoms with van der Waals surface area (Å²) in [6.07, 6.45) is 4.51. The van der Waals surface area contributed by atoms with E-state index in [0.29, 0.717) is 102 Å². The standard InChI is InChI=1S/C33H52N6O9S2/c1-44-28-9-13-30(14-10-28)49(40,41)38-32-27-34-17-4-3-5-21-46-22-7-19-36-33(37-20-8-24-48-26-25-47-23-6-18-35-32)39-50(42,43)31-15-11-29(45-2)12-16-31/h9-16,34H,3-8,17-27H2,1-2H3,(H,35,38)(H2,36,37,39). The number of nitrogens with one attached hydrogen (secondary N) is 4. The topological polar surface area (TPSA) is 187 Å². The van der Waals surface area contributed by atoms with Crippen LogP contribution in [0, 0.1) is 0 Å². The molecule has 50 heavy (non-hydrogen) atoms. The first-order valence-electron chi connectivity index (χ1n) is 16.8. The summed E-state index contributed by atoms with van der Waals surface area (Å²) in [5.41, 5.74) is 0. The average molecular weight is 741 g/mol. The molecule has 0 atom stereocenters. The molecule has 0 fully saturated rings. The van der Waals surface area contributed by atoms with Crippen LogP contribution in [0.3, 0.4) is 0 Å². The number of guanidine groups is 1. The lowest BCUT2D eigenvalue weighted by Gasteiger charge is -2.14. The SMILES string of the molecule is COc1ccc(S(=O)(=O)NC2=NCCCOCCOCCCNC(NS(=O)(=O)c3ccc(OC)cc3)=NCCCOCCCCCNC2)cc1. The van der Waals surface area contributed by atoms with E-state index < -0.39 is 20.0 Å². The van der Waals surface area contributed by atoms with Crippen LogP contribution in [-0.4, -0.2) is 115 Å². The van der Waals surface area contributed by atoms with Gasteiger partial charge in [-0.3, -0.25) is 14.7 Å². The van der Waals surface area contributed by atoms with Gasteiger partial charge in [0.05, 0.1) is 43.8 Å². The van der Waals surface area contributed by atoms with Crippen molar-refractivity contribution in [2.45, 2.75) is 48.3 Å². The molecule has 280 valence electrons. The van der Waals surface area contributed by atoms with Gasteiger partial charge in [-0.25, -0.2) is 21.6 Å². The van der Waals surface area contributed by atoms with E-state index >= 15 is 0 Å². The van der Waals surface area contributed by atoms with Crippen molar-refractivity contribution in [1.29, 1.82) is 0 Å². The second-order valence-corrected chi connectivity index (χ2v) is 14.5. The Bertz CT molecular complexity index is 1410. The molecule has 0 saturated carbocycles. The maximum absolute atomic E-state index is 13.0. The van der Waals surface area contributed by atoms with E-state index in [0.717, 1.165) is 19.3 Å². The highest BCUT2D eigenvalue weighted by atomic mass is 32.2. The largest absolute Gasteiger partial charge is 0.497 e. The first kappa shape index (κ1) is 40.9. The Labute approximate surface area is 296 Å². The Kier molecular flexibility index (Phi) is 18.9. The molecule has 1 heterocycles. The lowest BCUT2D eigenvalue weighted by molar-refractivity contribution is 0.0469. The summed E-state index contributed by atoms with van der Waals surface area (Å²) < 4.78 is 84.5. The van der Waals surface area contributed by atoms with Gasteiger partial charge in [0.2, 0.25) is 5.96 Å². The highest BCUT2D eigenvalue weighted by molar-refractivity contribution is 7.90. The fraction of sp³-hybridized carbons (Fsp3) is 0.576. The van der Waals surface area contributed by atoms with Gasteiger partial charge in [0, 0.05) is 46.1 Å². The number of hydrogen-bond donors (Lipinski definition) is 4. The Morgan fingerprint density at radius 1 is 0.600 bits per heavy atom. The van der Waals surface area contributed by atoms with E-state index in [1.165, 1.54) is 38.5 Å². The third-order valence-electron chi connectivity index (χ3n) is 7.25. The summed E-state index contributed by atoms with van der Waals surface area (Å²) in [6, 6.07) is 12.3. The Morgan fingerprint density at radius 3 is 1.72 bits per heavy atom. The van der Waals surface area contributed by atoms with Crippen LogP contribution in [0.5, 0.6) is 11.5 Å². The van der Waals surface area contributed by atoms with Crippen molar-refractivity contribution < 1.29 is 40.5 Å². The molecular formula is C33H52N6O9S2. The maximum Gasteiger partial charge on any atom is 0.264 e. The molecule has 2 aromatic rings. The number of aliphatic imine (C=N–C) groups is 2. The normalized spacial score (nSPS) is 18.0. The van der Waals surface area contributed by atoms with Crippen molar-refractivity contribution in [2.24, 2.45) is 9.98 Å². The number of hydrogen-bond acceptors (Lipinski definition) is 13. The van der Waals surface area contributed by atoms with E-state index in [1.807, 2.05) is 0 Å². The fourth-order valence-corrected chi connectivity index (χ4v) is 6.60. The zero-order valence-corrected chi connectivity index (χ0v) is 30.7. The van der Waals surface area contributed by atoms with Crippen molar-refractivity contribution >= 4 is 31.8 Å². The molecule has 17 heteroatoms. The number of nitrogens with zero attached hydrogens (tertiary/aromatic N) is 2. The molecule has 1 aliphatic rings. The summed E-state index contributed by atoms with van der Waals surface area (Å²) in [5, 5.41) is 6.36. The molecule has 0 aromatic heterocycles. The van der Waals surface area contributed by atoms with Crippen molar-refractivity contribution in [3.05, 3.63) is 48.5 Å². The minimum Gasteiger partial charge on any atom is -0.497 e. The smallest absolute Gasteiger partial charge is 0.264 e. The molecule has 1 aliphatic heterocycles. The Balaban J connectivity index is 1.51. The summed E-state index contributed by atoms with van der Waals surface area (Å²) in [4.78, 5) is 9.19. The van der Waals surface area contributed by atoms with Gasteiger partial charge >= 0.3 is 0 Å². The molecule has 3 rings (SSSR count). The number of amidine groups is 1. The highest BCUT2D eigenvalue weighted by Gasteiger charge is 2.18. The van der Waals surface area contributed by atoms with Gasteiger partial charge < -0.3 is 34.3 Å². The third kappa shape index (κ3) is 16.0. The molecule has 0 bridgehead atoms. The average Bonchev–Trinajstić information content (AvgIpc) is 3.11. The number of benzene rings is 2. The predicted molar refractivity (Wildman–Crippen MR) is 192 cm³/mol. The van der Waals surface area contributed by atoms with Crippen molar-refractivity contribution in [3.63, 3.8) is 0 Å². The minimum absolute atomic E-state index is 0.0993. The summed E-state index contributed by atoms with van der Waals surface area (Å²) >= 11 is 0. The molecule has 15 nitrogen and oxygen atoms in total. The maximum atomic E-state index is 13.0. The number of rotatable bonds is 6.